The highest BCUT2D eigenvalue weighted by molar-refractivity contribution is 9.18. The van der Waals surface area contributed by atoms with Crippen LogP contribution in [0.4, 0.5) is 4.79 Å². The number of ether oxygens (including phenoxy) is 1. The standard InChI is InChI=1S/C11H14BrNO2/c1-3-9-6-8(7-13-11(12)14)4-5-10(9)15-2/h4-6H,3,7H2,1-2H3,(H,13,14). The monoisotopic (exact) mass is 271 g/mol. The molecule has 82 valence electrons. The molecule has 0 fully saturated rings. The lowest BCUT2D eigenvalue weighted by molar-refractivity contribution is 0.261. The number of benzene rings is 1. The van der Waals surface area contributed by atoms with Gasteiger partial charge in [-0.2, -0.15) is 0 Å². The Morgan fingerprint density at radius 1 is 1.53 bits per heavy atom. The highest BCUT2D eigenvalue weighted by Gasteiger charge is 2.02. The number of methoxy groups -OCH3 is 1. The van der Waals surface area contributed by atoms with Crippen LogP contribution in [-0.2, 0) is 13.0 Å². The normalized spacial score (nSPS) is 9.80. The smallest absolute Gasteiger partial charge is 0.287 e. The molecule has 0 aliphatic rings. The molecular weight excluding hydrogens is 258 g/mol. The fourth-order valence-electron chi connectivity index (χ4n) is 1.39. The van der Waals surface area contributed by atoms with Crippen molar-refractivity contribution in [1.29, 1.82) is 0 Å². The molecule has 0 spiro atoms. The molecular formula is C11H14BrNO2. The van der Waals surface area contributed by atoms with Crippen LogP contribution in [0.5, 0.6) is 5.75 Å². The van der Waals surface area contributed by atoms with E-state index in [2.05, 4.69) is 28.2 Å². The summed E-state index contributed by atoms with van der Waals surface area (Å²) in [6.07, 6.45) is 0.916. The molecule has 0 aromatic heterocycles. The number of carbonyl (C=O) groups is 1. The molecule has 1 aromatic rings. The highest BCUT2D eigenvalue weighted by Crippen LogP contribution is 2.20. The lowest BCUT2D eigenvalue weighted by atomic mass is 10.1. The zero-order chi connectivity index (χ0) is 11.3. The number of aryl methyl sites for hydroxylation is 1. The van der Waals surface area contributed by atoms with Gasteiger partial charge in [-0.05, 0) is 23.6 Å². The first-order chi connectivity index (χ1) is 7.17. The first-order valence-electron chi connectivity index (χ1n) is 4.76. The first-order valence-corrected chi connectivity index (χ1v) is 5.55. The lowest BCUT2D eigenvalue weighted by Crippen LogP contribution is -2.15. The second-order valence-corrected chi connectivity index (χ2v) is 3.85. The lowest BCUT2D eigenvalue weighted by Gasteiger charge is -2.09. The van der Waals surface area contributed by atoms with Crippen LogP contribution >= 0.6 is 15.9 Å². The Morgan fingerprint density at radius 2 is 2.27 bits per heavy atom. The third kappa shape index (κ3) is 3.55. The Kier molecular flexibility index (Phi) is 4.62. The molecule has 1 aromatic carbocycles. The van der Waals surface area contributed by atoms with Gasteiger partial charge in [0.05, 0.1) is 7.11 Å². The fourth-order valence-corrected chi connectivity index (χ4v) is 1.53. The molecule has 0 aliphatic carbocycles. The van der Waals surface area contributed by atoms with Crippen LogP contribution in [0.3, 0.4) is 0 Å². The number of hydrogen-bond acceptors (Lipinski definition) is 2. The summed E-state index contributed by atoms with van der Waals surface area (Å²) in [7, 11) is 1.66. The SMILES string of the molecule is CCc1cc(CNC(=O)Br)ccc1OC. The molecule has 0 bridgehead atoms. The molecule has 0 atom stereocenters. The number of nitrogens with one attached hydrogen (secondary N) is 1. The van der Waals surface area contributed by atoms with Crippen LogP contribution in [0, 0.1) is 0 Å². The van der Waals surface area contributed by atoms with Gasteiger partial charge in [0.25, 0.3) is 4.82 Å². The molecule has 1 amide bonds. The summed E-state index contributed by atoms with van der Waals surface area (Å²) in [6, 6.07) is 5.91. The quantitative estimate of drug-likeness (QED) is 0.676. The second kappa shape index (κ2) is 5.75. The average Bonchev–Trinajstić information content (AvgIpc) is 2.25. The summed E-state index contributed by atoms with van der Waals surface area (Å²) in [4.78, 5) is 10.5. The second-order valence-electron chi connectivity index (χ2n) is 3.13. The highest BCUT2D eigenvalue weighted by atomic mass is 79.9. The largest absolute Gasteiger partial charge is 0.496 e. The number of hydrogen-bond donors (Lipinski definition) is 1. The van der Waals surface area contributed by atoms with Crippen LogP contribution in [0.25, 0.3) is 0 Å². The Labute approximate surface area is 97.9 Å². The minimum absolute atomic E-state index is 0.198. The zero-order valence-electron chi connectivity index (χ0n) is 8.84. The van der Waals surface area contributed by atoms with Crippen molar-refractivity contribution >= 4 is 20.7 Å². The van der Waals surface area contributed by atoms with Gasteiger partial charge in [0.15, 0.2) is 0 Å². The van der Waals surface area contributed by atoms with Crippen molar-refractivity contribution in [3.05, 3.63) is 29.3 Å². The van der Waals surface area contributed by atoms with Gasteiger partial charge in [-0.25, -0.2) is 0 Å². The number of halogens is 1. The van der Waals surface area contributed by atoms with Gasteiger partial charge in [-0.1, -0.05) is 19.1 Å². The maximum atomic E-state index is 10.7. The van der Waals surface area contributed by atoms with Gasteiger partial charge in [-0.15, -0.1) is 0 Å². The summed E-state index contributed by atoms with van der Waals surface area (Å²) >= 11 is 2.82. The maximum Gasteiger partial charge on any atom is 0.287 e. The van der Waals surface area contributed by atoms with Crippen molar-refractivity contribution in [3.63, 3.8) is 0 Å². The van der Waals surface area contributed by atoms with E-state index in [1.165, 1.54) is 0 Å². The zero-order valence-corrected chi connectivity index (χ0v) is 10.4. The predicted molar refractivity (Wildman–Crippen MR) is 63.5 cm³/mol. The van der Waals surface area contributed by atoms with Crippen LogP contribution in [-0.4, -0.2) is 11.9 Å². The third-order valence-corrected chi connectivity index (χ3v) is 2.44. The number of amides is 1. The van der Waals surface area contributed by atoms with Crippen molar-refractivity contribution in [2.24, 2.45) is 0 Å². The molecule has 0 saturated heterocycles. The van der Waals surface area contributed by atoms with Crippen LogP contribution in [0.1, 0.15) is 18.1 Å². The summed E-state index contributed by atoms with van der Waals surface area (Å²) in [5.41, 5.74) is 2.22. The van der Waals surface area contributed by atoms with E-state index in [9.17, 15) is 4.79 Å². The van der Waals surface area contributed by atoms with Crippen LogP contribution in [0.15, 0.2) is 18.2 Å². The molecule has 0 heterocycles. The van der Waals surface area contributed by atoms with E-state index in [0.29, 0.717) is 6.54 Å². The number of carbonyl (C=O) groups excluding carboxylic acids is 1. The summed E-state index contributed by atoms with van der Waals surface area (Å²) < 4.78 is 5.22. The van der Waals surface area contributed by atoms with Crippen LogP contribution in [0.2, 0.25) is 0 Å². The summed E-state index contributed by atoms with van der Waals surface area (Å²) in [5, 5.41) is 2.69. The average molecular weight is 272 g/mol. The van der Waals surface area contributed by atoms with Crippen molar-refractivity contribution < 1.29 is 9.53 Å². The fraction of sp³-hybridized carbons (Fsp3) is 0.364. The minimum atomic E-state index is -0.198. The van der Waals surface area contributed by atoms with E-state index in [0.717, 1.165) is 23.3 Å². The molecule has 0 unspecified atom stereocenters. The van der Waals surface area contributed by atoms with Crippen molar-refractivity contribution in [2.45, 2.75) is 19.9 Å². The van der Waals surface area contributed by atoms with E-state index in [4.69, 9.17) is 4.74 Å². The van der Waals surface area contributed by atoms with Gasteiger partial charge in [0, 0.05) is 22.5 Å². The molecule has 0 aliphatic heterocycles. The van der Waals surface area contributed by atoms with Crippen molar-refractivity contribution in [3.8, 4) is 5.75 Å². The van der Waals surface area contributed by atoms with E-state index < -0.39 is 0 Å². The van der Waals surface area contributed by atoms with E-state index >= 15 is 0 Å². The Bertz CT molecular complexity index is 352. The van der Waals surface area contributed by atoms with Crippen molar-refractivity contribution in [1.82, 2.24) is 5.32 Å². The molecule has 1 rings (SSSR count). The molecule has 0 radical (unpaired) electrons. The van der Waals surface area contributed by atoms with Crippen LogP contribution < -0.4 is 10.1 Å². The van der Waals surface area contributed by atoms with Crippen molar-refractivity contribution in [2.75, 3.05) is 7.11 Å². The van der Waals surface area contributed by atoms with Gasteiger partial charge in [-0.3, -0.25) is 4.79 Å². The summed E-state index contributed by atoms with van der Waals surface area (Å²) in [5.74, 6) is 0.895. The summed E-state index contributed by atoms with van der Waals surface area (Å²) in [6.45, 7) is 2.60. The predicted octanol–water partition coefficient (Wildman–Crippen LogP) is 2.86. The third-order valence-electron chi connectivity index (χ3n) is 2.16. The molecule has 3 nitrogen and oxygen atoms in total. The topological polar surface area (TPSA) is 38.3 Å². The maximum absolute atomic E-state index is 10.7. The van der Waals surface area contributed by atoms with E-state index in [1.807, 2.05) is 18.2 Å². The van der Waals surface area contributed by atoms with E-state index in [-0.39, 0.29) is 4.82 Å². The molecule has 15 heavy (non-hydrogen) atoms. The van der Waals surface area contributed by atoms with Gasteiger partial charge >= 0.3 is 0 Å². The van der Waals surface area contributed by atoms with Gasteiger partial charge in [0.2, 0.25) is 0 Å². The molecule has 4 heteroatoms. The Hall–Kier alpha value is -1.03. The first kappa shape index (κ1) is 12.0. The van der Waals surface area contributed by atoms with Gasteiger partial charge < -0.3 is 10.1 Å². The number of rotatable bonds is 4. The molecule has 0 saturated carbocycles. The molecule has 1 N–H and O–H groups in total. The minimum Gasteiger partial charge on any atom is -0.496 e. The Balaban J connectivity index is 2.78. The Morgan fingerprint density at radius 3 is 2.80 bits per heavy atom. The van der Waals surface area contributed by atoms with Gasteiger partial charge in [0.1, 0.15) is 5.75 Å². The van der Waals surface area contributed by atoms with E-state index in [1.54, 1.807) is 7.11 Å².